The molecular formula is C22H29N5O. The van der Waals surface area contributed by atoms with Gasteiger partial charge in [-0.3, -0.25) is 0 Å². The van der Waals surface area contributed by atoms with Gasteiger partial charge in [0, 0.05) is 28.1 Å². The van der Waals surface area contributed by atoms with Gasteiger partial charge in [-0.15, -0.1) is 0 Å². The van der Waals surface area contributed by atoms with Crippen LogP contribution in [0.2, 0.25) is 0 Å². The van der Waals surface area contributed by atoms with Crippen LogP contribution in [0.3, 0.4) is 0 Å². The van der Waals surface area contributed by atoms with Crippen LogP contribution in [0.1, 0.15) is 56.2 Å². The normalized spacial score (nSPS) is 24.5. The van der Waals surface area contributed by atoms with Crippen molar-refractivity contribution in [2.24, 2.45) is 16.8 Å². The molecular weight excluding hydrogens is 350 g/mol. The zero-order chi connectivity index (χ0) is 19.9. The average Bonchev–Trinajstić information content (AvgIpc) is 2.66. The van der Waals surface area contributed by atoms with Crippen LogP contribution in [0.15, 0.2) is 29.7 Å². The minimum absolute atomic E-state index is 0.377. The van der Waals surface area contributed by atoms with E-state index in [0.717, 1.165) is 47.4 Å². The maximum Gasteiger partial charge on any atom is 0.131 e. The summed E-state index contributed by atoms with van der Waals surface area (Å²) in [5.41, 5.74) is 18.0. The second-order valence-electron chi connectivity index (χ2n) is 8.59. The number of hydrogen-bond acceptors (Lipinski definition) is 6. The van der Waals surface area contributed by atoms with Crippen molar-refractivity contribution < 1.29 is 4.84 Å². The molecule has 2 aliphatic carbocycles. The molecule has 0 atom stereocenters. The molecule has 2 aliphatic rings. The minimum atomic E-state index is -0.445. The van der Waals surface area contributed by atoms with Crippen molar-refractivity contribution >= 4 is 11.5 Å². The van der Waals surface area contributed by atoms with Gasteiger partial charge in [0.05, 0.1) is 11.4 Å². The van der Waals surface area contributed by atoms with Crippen LogP contribution in [0, 0.1) is 5.92 Å². The van der Waals surface area contributed by atoms with Crippen molar-refractivity contribution in [3.8, 4) is 11.3 Å². The molecule has 1 aromatic heterocycles. The molecule has 0 radical (unpaired) electrons. The highest BCUT2D eigenvalue weighted by atomic mass is 16.6. The summed E-state index contributed by atoms with van der Waals surface area (Å²) < 4.78 is 0. The number of nitrogens with zero attached hydrogens (tertiary/aromatic N) is 3. The highest BCUT2D eigenvalue weighted by Crippen LogP contribution is 2.44. The first-order valence-corrected chi connectivity index (χ1v) is 10.0. The molecule has 4 N–H and O–H groups in total. The number of hydrogen-bond donors (Lipinski definition) is 2. The number of rotatable bonds is 3. The molecule has 0 aliphatic heterocycles. The summed E-state index contributed by atoms with van der Waals surface area (Å²) in [5, 5.41) is 4.40. The van der Waals surface area contributed by atoms with Crippen molar-refractivity contribution in [3.63, 3.8) is 0 Å². The van der Waals surface area contributed by atoms with Crippen molar-refractivity contribution in [2.45, 2.75) is 57.4 Å². The van der Waals surface area contributed by atoms with Crippen molar-refractivity contribution in [1.29, 1.82) is 0 Å². The Bertz CT molecular complexity index is 913. The van der Waals surface area contributed by atoms with E-state index in [-0.39, 0.29) is 0 Å². The van der Waals surface area contributed by atoms with E-state index in [4.69, 9.17) is 16.3 Å². The molecule has 1 fully saturated rings. The standard InChI is InChI=1S/C22H29N5O/c1-22(2)18-19(25-12-26-21(18)24)16-9-6-14(11-17(16)20(22)27-28-3)10-13-4-7-15(23)8-5-13/h6,9,11-13,15H,4-5,7-8,10,23H2,1-3H3,(H2,24,25,26)/b27-20+/t13-,15+. The number of aromatic nitrogens is 2. The van der Waals surface area contributed by atoms with E-state index in [1.165, 1.54) is 24.7 Å². The van der Waals surface area contributed by atoms with E-state index in [9.17, 15) is 0 Å². The molecule has 4 rings (SSSR count). The van der Waals surface area contributed by atoms with Crippen molar-refractivity contribution in [3.05, 3.63) is 41.2 Å². The zero-order valence-corrected chi connectivity index (χ0v) is 16.9. The van der Waals surface area contributed by atoms with E-state index >= 15 is 0 Å². The second kappa shape index (κ2) is 7.17. The minimum Gasteiger partial charge on any atom is -0.399 e. The highest BCUT2D eigenvalue weighted by Gasteiger charge is 2.40. The number of nitrogens with two attached hydrogens (primary N) is 2. The largest absolute Gasteiger partial charge is 0.399 e. The van der Waals surface area contributed by atoms with Crippen LogP contribution in [0.4, 0.5) is 5.82 Å². The van der Waals surface area contributed by atoms with Gasteiger partial charge in [0.2, 0.25) is 0 Å². The third-order valence-electron chi connectivity index (χ3n) is 6.29. The summed E-state index contributed by atoms with van der Waals surface area (Å²) >= 11 is 0. The predicted octanol–water partition coefficient (Wildman–Crippen LogP) is 3.43. The Morgan fingerprint density at radius 1 is 1.14 bits per heavy atom. The van der Waals surface area contributed by atoms with Gasteiger partial charge in [0.1, 0.15) is 19.3 Å². The quantitative estimate of drug-likeness (QED) is 0.796. The molecule has 0 bridgehead atoms. The Kier molecular flexibility index (Phi) is 4.83. The van der Waals surface area contributed by atoms with Gasteiger partial charge in [0.25, 0.3) is 0 Å². The molecule has 28 heavy (non-hydrogen) atoms. The topological polar surface area (TPSA) is 99.4 Å². The lowest BCUT2D eigenvalue weighted by Gasteiger charge is -2.35. The van der Waals surface area contributed by atoms with E-state index in [0.29, 0.717) is 17.8 Å². The van der Waals surface area contributed by atoms with Crippen LogP contribution in [0.5, 0.6) is 0 Å². The fourth-order valence-corrected chi connectivity index (χ4v) is 4.78. The number of fused-ring (bicyclic) bond motifs is 3. The molecule has 148 valence electrons. The molecule has 0 spiro atoms. The Balaban J connectivity index is 1.78. The van der Waals surface area contributed by atoms with Crippen LogP contribution in [-0.4, -0.2) is 28.8 Å². The molecule has 0 amide bonds. The SMILES string of the molecule is CO/N=C1\c2cc(C[C@H]3CC[C@@H](N)CC3)ccc2-c2ncnc(N)c2C1(C)C. The summed E-state index contributed by atoms with van der Waals surface area (Å²) in [5.74, 6) is 1.19. The lowest BCUT2D eigenvalue weighted by atomic mass is 9.69. The summed E-state index contributed by atoms with van der Waals surface area (Å²) in [6.45, 7) is 4.20. The van der Waals surface area contributed by atoms with Gasteiger partial charge in [-0.05, 0) is 63.5 Å². The molecule has 0 saturated heterocycles. The molecule has 0 unspecified atom stereocenters. The van der Waals surface area contributed by atoms with E-state index in [1.54, 1.807) is 7.11 Å². The van der Waals surface area contributed by atoms with Gasteiger partial charge < -0.3 is 16.3 Å². The van der Waals surface area contributed by atoms with Crippen LogP contribution >= 0.6 is 0 Å². The monoisotopic (exact) mass is 379 g/mol. The fraction of sp³-hybridized carbons (Fsp3) is 0.500. The third kappa shape index (κ3) is 3.15. The van der Waals surface area contributed by atoms with E-state index in [2.05, 4.69) is 47.2 Å². The summed E-state index contributed by atoms with van der Waals surface area (Å²) in [4.78, 5) is 14.0. The highest BCUT2D eigenvalue weighted by molar-refractivity contribution is 6.15. The molecule has 2 aromatic rings. The van der Waals surface area contributed by atoms with Gasteiger partial charge in [0.15, 0.2) is 0 Å². The first-order valence-electron chi connectivity index (χ1n) is 10.0. The first kappa shape index (κ1) is 18.9. The van der Waals surface area contributed by atoms with Crippen LogP contribution < -0.4 is 11.5 Å². The molecule has 1 saturated carbocycles. The van der Waals surface area contributed by atoms with Crippen LogP contribution in [0.25, 0.3) is 11.3 Å². The second-order valence-corrected chi connectivity index (χ2v) is 8.59. The van der Waals surface area contributed by atoms with Gasteiger partial charge in [-0.1, -0.05) is 17.3 Å². The molecule has 1 heterocycles. The predicted molar refractivity (Wildman–Crippen MR) is 112 cm³/mol. The maximum absolute atomic E-state index is 6.24. The molecule has 1 aromatic carbocycles. The van der Waals surface area contributed by atoms with Gasteiger partial charge >= 0.3 is 0 Å². The summed E-state index contributed by atoms with van der Waals surface area (Å²) in [6, 6.07) is 6.98. The first-order chi connectivity index (χ1) is 13.4. The van der Waals surface area contributed by atoms with Crippen molar-refractivity contribution in [2.75, 3.05) is 12.8 Å². The van der Waals surface area contributed by atoms with Crippen LogP contribution in [-0.2, 0) is 16.7 Å². The van der Waals surface area contributed by atoms with Gasteiger partial charge in [-0.25, -0.2) is 9.97 Å². The number of anilines is 1. The number of benzene rings is 1. The smallest absolute Gasteiger partial charge is 0.131 e. The Labute approximate surface area is 166 Å². The Hall–Kier alpha value is -2.47. The maximum atomic E-state index is 6.24. The lowest BCUT2D eigenvalue weighted by molar-refractivity contribution is 0.211. The molecule has 6 heteroatoms. The lowest BCUT2D eigenvalue weighted by Crippen LogP contribution is -2.36. The fourth-order valence-electron chi connectivity index (χ4n) is 4.78. The van der Waals surface area contributed by atoms with E-state index < -0.39 is 5.41 Å². The van der Waals surface area contributed by atoms with Crippen molar-refractivity contribution in [1.82, 2.24) is 9.97 Å². The number of oxime groups is 1. The summed E-state index contributed by atoms with van der Waals surface area (Å²) in [7, 11) is 1.58. The average molecular weight is 380 g/mol. The Morgan fingerprint density at radius 3 is 2.61 bits per heavy atom. The van der Waals surface area contributed by atoms with E-state index in [1.807, 2.05) is 0 Å². The third-order valence-corrected chi connectivity index (χ3v) is 6.29. The van der Waals surface area contributed by atoms with Gasteiger partial charge in [-0.2, -0.15) is 0 Å². The zero-order valence-electron chi connectivity index (χ0n) is 16.9. The number of nitrogen functional groups attached to an aromatic ring is 1. The molecule has 6 nitrogen and oxygen atoms in total. The summed E-state index contributed by atoms with van der Waals surface area (Å²) in [6.07, 6.45) is 7.26. The Morgan fingerprint density at radius 2 is 1.89 bits per heavy atom.